The summed E-state index contributed by atoms with van der Waals surface area (Å²) in [6.07, 6.45) is 0.567. The largest absolute Gasteiger partial charge is 0.507 e. The van der Waals surface area contributed by atoms with Crippen LogP contribution >= 0.6 is 0 Å². The zero-order chi connectivity index (χ0) is 13.8. The fourth-order valence-electron chi connectivity index (χ4n) is 2.15. The predicted octanol–water partition coefficient (Wildman–Crippen LogP) is 3.31. The third-order valence-electron chi connectivity index (χ3n) is 3.18. The van der Waals surface area contributed by atoms with Gasteiger partial charge in [-0.05, 0) is 23.6 Å². The monoisotopic (exact) mass is 272 g/mol. The minimum atomic E-state index is -0.211. The molecule has 106 valence electrons. The Morgan fingerprint density at radius 2 is 1.75 bits per heavy atom. The number of aliphatic hydroxyl groups is 1. The first-order chi connectivity index (χ1) is 9.19. The third-order valence-corrected chi connectivity index (χ3v) is 3.18. The van der Waals surface area contributed by atoms with E-state index >= 15 is 0 Å². The molecule has 0 fully saturated rings. The van der Waals surface area contributed by atoms with Gasteiger partial charge in [-0.2, -0.15) is 0 Å². The van der Waals surface area contributed by atoms with Crippen molar-refractivity contribution in [3.63, 3.8) is 0 Å². The number of carbonyl (C=O) groups excluding carboxylic acids is 1. The van der Waals surface area contributed by atoms with Crippen LogP contribution in [-0.2, 0) is 13.0 Å². The van der Waals surface area contributed by atoms with Crippen LogP contribution in [0.15, 0.2) is 42.5 Å². The van der Waals surface area contributed by atoms with E-state index in [9.17, 15) is 15.0 Å². The molecule has 0 aliphatic carbocycles. The number of benzene rings is 2. The number of hydrogen-bond acceptors (Lipinski definition) is 3. The molecule has 0 aromatic heterocycles. The van der Waals surface area contributed by atoms with E-state index in [1.807, 2.05) is 13.0 Å². The zero-order valence-electron chi connectivity index (χ0n) is 10.8. The van der Waals surface area contributed by atoms with Crippen LogP contribution in [0.2, 0.25) is 0 Å². The van der Waals surface area contributed by atoms with Crippen LogP contribution < -0.4 is 0 Å². The summed E-state index contributed by atoms with van der Waals surface area (Å²) in [6, 6.07) is 12.1. The summed E-state index contributed by atoms with van der Waals surface area (Å²) in [7, 11) is 0. The van der Waals surface area contributed by atoms with Gasteiger partial charge in [0, 0.05) is 5.56 Å². The first kappa shape index (κ1) is 15.9. The van der Waals surface area contributed by atoms with Gasteiger partial charge < -0.3 is 10.2 Å². The number of aliphatic hydroxyl groups excluding tert-OH is 1. The molecule has 3 heteroatoms. The van der Waals surface area contributed by atoms with E-state index in [2.05, 4.69) is 0 Å². The van der Waals surface area contributed by atoms with Gasteiger partial charge in [0.05, 0.1) is 12.2 Å². The van der Waals surface area contributed by atoms with E-state index < -0.39 is 0 Å². The van der Waals surface area contributed by atoms with Crippen molar-refractivity contribution in [2.24, 2.45) is 0 Å². The highest BCUT2D eigenvalue weighted by molar-refractivity contribution is 6.10. The highest BCUT2D eigenvalue weighted by atomic mass is 16.3. The van der Waals surface area contributed by atoms with Gasteiger partial charge in [-0.3, -0.25) is 4.79 Å². The minimum absolute atomic E-state index is 0. The fourth-order valence-corrected chi connectivity index (χ4v) is 2.15. The first-order valence-corrected chi connectivity index (χ1v) is 6.23. The molecular weight excluding hydrogens is 252 g/mol. The molecule has 2 aromatic carbocycles. The van der Waals surface area contributed by atoms with E-state index in [0.717, 1.165) is 0 Å². The van der Waals surface area contributed by atoms with Gasteiger partial charge in [0.1, 0.15) is 5.75 Å². The molecule has 0 bridgehead atoms. The number of hydrogen-bond donors (Lipinski definition) is 2. The second kappa shape index (κ2) is 6.87. The van der Waals surface area contributed by atoms with Gasteiger partial charge in [0.25, 0.3) is 0 Å². The third kappa shape index (κ3) is 2.89. The number of phenolic OH excluding ortho intramolecular Hbond substituents is 1. The van der Waals surface area contributed by atoms with Crippen molar-refractivity contribution in [3.8, 4) is 5.75 Å². The Morgan fingerprint density at radius 1 is 1.10 bits per heavy atom. The van der Waals surface area contributed by atoms with Crippen LogP contribution in [0.5, 0.6) is 5.75 Å². The van der Waals surface area contributed by atoms with Crippen LogP contribution in [0, 0.1) is 0 Å². The van der Waals surface area contributed by atoms with Gasteiger partial charge in [0.15, 0.2) is 5.78 Å². The molecule has 3 nitrogen and oxygen atoms in total. The molecule has 2 N–H and O–H groups in total. The van der Waals surface area contributed by atoms with Crippen molar-refractivity contribution in [3.05, 3.63) is 64.7 Å². The van der Waals surface area contributed by atoms with Gasteiger partial charge in [0.2, 0.25) is 0 Å². The molecule has 0 aliphatic heterocycles. The molecule has 2 aromatic rings. The van der Waals surface area contributed by atoms with Crippen LogP contribution in [-0.4, -0.2) is 16.0 Å². The summed E-state index contributed by atoms with van der Waals surface area (Å²) in [5.74, 6) is -0.236. The number of phenols is 1. The Labute approximate surface area is 119 Å². The fraction of sp³-hybridized carbons (Fsp3) is 0.235. The van der Waals surface area contributed by atoms with Crippen LogP contribution in [0.4, 0.5) is 0 Å². The maximum Gasteiger partial charge on any atom is 0.196 e. The number of aromatic hydroxyl groups is 1. The Hall–Kier alpha value is -2.13. The molecule has 0 heterocycles. The lowest BCUT2D eigenvalue weighted by molar-refractivity contribution is 0.103. The lowest BCUT2D eigenvalue weighted by Gasteiger charge is -2.11. The molecule has 0 spiro atoms. The van der Waals surface area contributed by atoms with Crippen LogP contribution in [0.3, 0.4) is 0 Å². The van der Waals surface area contributed by atoms with E-state index in [1.165, 1.54) is 0 Å². The van der Waals surface area contributed by atoms with Crippen molar-refractivity contribution >= 4 is 5.78 Å². The van der Waals surface area contributed by atoms with Gasteiger partial charge in [-0.15, -0.1) is 0 Å². The molecule has 0 radical (unpaired) electrons. The smallest absolute Gasteiger partial charge is 0.196 e. The average Bonchev–Trinajstić information content (AvgIpc) is 2.47. The van der Waals surface area contributed by atoms with Crippen molar-refractivity contribution in [1.82, 2.24) is 0 Å². The second-order valence-corrected chi connectivity index (χ2v) is 4.31. The van der Waals surface area contributed by atoms with Gasteiger partial charge in [-0.25, -0.2) is 0 Å². The van der Waals surface area contributed by atoms with Crippen molar-refractivity contribution in [2.45, 2.75) is 27.4 Å². The van der Waals surface area contributed by atoms with Crippen LogP contribution in [0.1, 0.15) is 41.4 Å². The summed E-state index contributed by atoms with van der Waals surface area (Å²) in [6.45, 7) is 1.74. The van der Waals surface area contributed by atoms with Gasteiger partial charge >= 0.3 is 0 Å². The molecule has 0 atom stereocenters. The van der Waals surface area contributed by atoms with E-state index in [-0.39, 0.29) is 31.1 Å². The molecule has 0 aliphatic rings. The quantitative estimate of drug-likeness (QED) is 0.839. The maximum atomic E-state index is 12.3. The summed E-state index contributed by atoms with van der Waals surface area (Å²) in [5, 5.41) is 19.4. The highest BCUT2D eigenvalue weighted by Crippen LogP contribution is 2.28. The molecule has 0 saturated carbocycles. The first-order valence-electron chi connectivity index (χ1n) is 6.23. The number of ketones is 1. The number of carbonyl (C=O) groups is 1. The lowest BCUT2D eigenvalue weighted by atomic mass is 9.95. The summed E-state index contributed by atoms with van der Waals surface area (Å²) in [4.78, 5) is 12.3. The molecular formula is C17H20O3. The van der Waals surface area contributed by atoms with Gasteiger partial charge in [-0.1, -0.05) is 50.7 Å². The standard InChI is InChI=1S/C16H16O3.CH4/c1-2-13-12(10-17)8-9-14(16(13)19)15(18)11-6-4-3-5-7-11;/h3-9,17,19H,2,10H2,1H3;1H4. The SMILES string of the molecule is C.CCc1c(CO)ccc(C(=O)c2ccccc2)c1O. The minimum Gasteiger partial charge on any atom is -0.507 e. The topological polar surface area (TPSA) is 57.5 Å². The van der Waals surface area contributed by atoms with E-state index in [0.29, 0.717) is 23.1 Å². The molecule has 20 heavy (non-hydrogen) atoms. The normalized spacial score (nSPS) is 9.90. The summed E-state index contributed by atoms with van der Waals surface area (Å²) < 4.78 is 0. The van der Waals surface area contributed by atoms with Crippen molar-refractivity contribution in [1.29, 1.82) is 0 Å². The highest BCUT2D eigenvalue weighted by Gasteiger charge is 2.17. The molecule has 0 unspecified atom stereocenters. The summed E-state index contributed by atoms with van der Waals surface area (Å²) in [5.41, 5.74) is 2.10. The Balaban J connectivity index is 0.00000200. The zero-order valence-corrected chi connectivity index (χ0v) is 10.8. The molecule has 2 rings (SSSR count). The van der Waals surface area contributed by atoms with E-state index in [1.54, 1.807) is 36.4 Å². The molecule has 0 amide bonds. The Bertz CT molecular complexity index is 589. The Morgan fingerprint density at radius 3 is 2.30 bits per heavy atom. The van der Waals surface area contributed by atoms with Crippen LogP contribution in [0.25, 0.3) is 0 Å². The molecule has 0 saturated heterocycles. The lowest BCUT2D eigenvalue weighted by Crippen LogP contribution is -2.04. The summed E-state index contributed by atoms with van der Waals surface area (Å²) >= 11 is 0. The second-order valence-electron chi connectivity index (χ2n) is 4.31. The Kier molecular flexibility index (Phi) is 5.47. The average molecular weight is 272 g/mol. The maximum absolute atomic E-state index is 12.3. The van der Waals surface area contributed by atoms with E-state index in [4.69, 9.17) is 0 Å². The van der Waals surface area contributed by atoms with Crippen molar-refractivity contribution in [2.75, 3.05) is 0 Å². The van der Waals surface area contributed by atoms with Crippen molar-refractivity contribution < 1.29 is 15.0 Å². The number of rotatable bonds is 4. The predicted molar refractivity (Wildman–Crippen MR) is 80.0 cm³/mol.